The molecule has 2 nitrogen and oxygen atoms in total. The molecule has 0 amide bonds. The molecule has 3 heteroatoms. The Labute approximate surface area is 145 Å². The minimum Gasteiger partial charge on any atom is -0.452 e. The topological polar surface area (TPSA) is 22.4 Å². The van der Waals surface area contributed by atoms with Gasteiger partial charge in [-0.25, -0.2) is 4.39 Å². The van der Waals surface area contributed by atoms with Crippen molar-refractivity contribution in [2.75, 3.05) is 0 Å². The molecule has 0 radical (unpaired) electrons. The van der Waals surface area contributed by atoms with Crippen LogP contribution in [0.3, 0.4) is 0 Å². The van der Waals surface area contributed by atoms with E-state index in [9.17, 15) is 4.39 Å². The number of hydrogen-bond acceptors (Lipinski definition) is 2. The Morgan fingerprint density at radius 3 is 2.56 bits per heavy atom. The van der Waals surface area contributed by atoms with E-state index in [1.165, 1.54) is 0 Å². The Morgan fingerprint density at radius 2 is 1.76 bits per heavy atom. The monoisotopic (exact) mass is 334 g/mol. The van der Waals surface area contributed by atoms with Crippen LogP contribution in [-0.4, -0.2) is 0 Å². The molecule has 0 saturated heterocycles. The van der Waals surface area contributed by atoms with Crippen LogP contribution in [0.2, 0.25) is 0 Å². The fraction of sp³-hybridized carbons (Fsp3) is 0.182. The summed E-state index contributed by atoms with van der Waals surface area (Å²) in [6, 6.07) is 18.7. The SMILES string of the molecule is CCC(C)c1ccc(Oc2cccc3c2oc2ccccc23)c(F)c1. The molecule has 0 aliphatic heterocycles. The van der Waals surface area contributed by atoms with Gasteiger partial charge in [-0.3, -0.25) is 0 Å². The molecule has 0 bridgehead atoms. The molecule has 0 aliphatic carbocycles. The third-order valence-corrected chi connectivity index (χ3v) is 4.73. The van der Waals surface area contributed by atoms with Gasteiger partial charge in [0.25, 0.3) is 0 Å². The zero-order valence-electron chi connectivity index (χ0n) is 14.3. The average Bonchev–Trinajstić information content (AvgIpc) is 3.02. The molecule has 1 unspecified atom stereocenters. The van der Waals surface area contributed by atoms with Crippen LogP contribution in [0.4, 0.5) is 4.39 Å². The van der Waals surface area contributed by atoms with E-state index in [2.05, 4.69) is 13.8 Å². The maximum Gasteiger partial charge on any atom is 0.177 e. The minimum atomic E-state index is -0.356. The van der Waals surface area contributed by atoms with Gasteiger partial charge in [0.2, 0.25) is 0 Å². The lowest BCUT2D eigenvalue weighted by Crippen LogP contribution is -1.95. The van der Waals surface area contributed by atoms with Gasteiger partial charge in [0.1, 0.15) is 5.58 Å². The molecule has 0 saturated carbocycles. The summed E-state index contributed by atoms with van der Waals surface area (Å²) in [5.41, 5.74) is 2.41. The fourth-order valence-corrected chi connectivity index (χ4v) is 3.06. The van der Waals surface area contributed by atoms with Crippen molar-refractivity contribution in [3.63, 3.8) is 0 Å². The van der Waals surface area contributed by atoms with Crippen molar-refractivity contribution in [3.05, 3.63) is 72.0 Å². The maximum atomic E-state index is 14.5. The first kappa shape index (κ1) is 15.7. The lowest BCUT2D eigenvalue weighted by atomic mass is 9.98. The standard InChI is InChI=1S/C22H19FO2/c1-3-14(2)15-11-12-20(18(23)13-15)24-21-10-6-8-17-16-7-4-5-9-19(16)25-22(17)21/h4-14H,3H2,1-2H3. The zero-order valence-corrected chi connectivity index (χ0v) is 14.3. The first-order valence-corrected chi connectivity index (χ1v) is 8.55. The highest BCUT2D eigenvalue weighted by Crippen LogP contribution is 2.37. The lowest BCUT2D eigenvalue weighted by Gasteiger charge is -2.12. The fourth-order valence-electron chi connectivity index (χ4n) is 3.06. The highest BCUT2D eigenvalue weighted by atomic mass is 19.1. The molecule has 3 aromatic carbocycles. The minimum absolute atomic E-state index is 0.208. The van der Waals surface area contributed by atoms with Gasteiger partial charge in [-0.2, -0.15) is 0 Å². The first-order chi connectivity index (χ1) is 12.2. The molecule has 1 atom stereocenters. The van der Waals surface area contributed by atoms with E-state index in [4.69, 9.17) is 9.15 Å². The van der Waals surface area contributed by atoms with E-state index in [0.717, 1.165) is 28.3 Å². The van der Waals surface area contributed by atoms with Crippen LogP contribution in [0.25, 0.3) is 21.9 Å². The number of halogens is 1. The molecule has 1 heterocycles. The molecule has 0 fully saturated rings. The van der Waals surface area contributed by atoms with E-state index in [1.807, 2.05) is 42.5 Å². The number of benzene rings is 3. The molecule has 0 N–H and O–H groups in total. The smallest absolute Gasteiger partial charge is 0.177 e. The highest BCUT2D eigenvalue weighted by Gasteiger charge is 2.14. The van der Waals surface area contributed by atoms with E-state index in [0.29, 0.717) is 17.3 Å². The largest absolute Gasteiger partial charge is 0.452 e. The van der Waals surface area contributed by atoms with E-state index in [-0.39, 0.29) is 11.6 Å². The average molecular weight is 334 g/mol. The normalized spacial score (nSPS) is 12.6. The van der Waals surface area contributed by atoms with Gasteiger partial charge in [-0.15, -0.1) is 0 Å². The Morgan fingerprint density at radius 1 is 0.960 bits per heavy atom. The lowest BCUT2D eigenvalue weighted by molar-refractivity contribution is 0.438. The number of ether oxygens (including phenoxy) is 1. The number of hydrogen-bond donors (Lipinski definition) is 0. The third kappa shape index (κ3) is 2.76. The second-order valence-electron chi connectivity index (χ2n) is 6.33. The van der Waals surface area contributed by atoms with E-state index < -0.39 is 0 Å². The Bertz CT molecular complexity index is 1050. The molecule has 1 aromatic heterocycles. The van der Waals surface area contributed by atoms with Gasteiger partial charge in [-0.05, 0) is 42.2 Å². The van der Waals surface area contributed by atoms with Gasteiger partial charge < -0.3 is 9.15 Å². The van der Waals surface area contributed by atoms with Gasteiger partial charge in [0.15, 0.2) is 22.9 Å². The molecular weight excluding hydrogens is 315 g/mol. The molecule has 25 heavy (non-hydrogen) atoms. The van der Waals surface area contributed by atoms with Crippen LogP contribution in [-0.2, 0) is 0 Å². The van der Waals surface area contributed by atoms with Crippen molar-refractivity contribution in [2.45, 2.75) is 26.2 Å². The Kier molecular flexibility index (Phi) is 3.92. The summed E-state index contributed by atoms with van der Waals surface area (Å²) in [4.78, 5) is 0. The molecule has 4 aromatic rings. The predicted molar refractivity (Wildman–Crippen MR) is 98.9 cm³/mol. The second-order valence-corrected chi connectivity index (χ2v) is 6.33. The number of rotatable bonds is 4. The summed E-state index contributed by atoms with van der Waals surface area (Å²) < 4.78 is 26.3. The zero-order chi connectivity index (χ0) is 17.4. The number of fused-ring (bicyclic) bond motifs is 3. The van der Waals surface area contributed by atoms with Crippen LogP contribution in [0, 0.1) is 5.82 Å². The third-order valence-electron chi connectivity index (χ3n) is 4.73. The second kappa shape index (κ2) is 6.25. The summed E-state index contributed by atoms with van der Waals surface area (Å²) in [5, 5.41) is 1.99. The van der Waals surface area contributed by atoms with E-state index >= 15 is 0 Å². The summed E-state index contributed by atoms with van der Waals surface area (Å²) in [6.07, 6.45) is 0.970. The Hall–Kier alpha value is -2.81. The molecule has 0 spiro atoms. The maximum absolute atomic E-state index is 14.5. The van der Waals surface area contributed by atoms with Crippen LogP contribution in [0.1, 0.15) is 31.7 Å². The quantitative estimate of drug-likeness (QED) is 0.399. The van der Waals surface area contributed by atoms with Crippen molar-refractivity contribution >= 4 is 21.9 Å². The van der Waals surface area contributed by atoms with Crippen LogP contribution < -0.4 is 4.74 Å². The highest BCUT2D eigenvalue weighted by molar-refractivity contribution is 6.06. The number of para-hydroxylation sites is 2. The van der Waals surface area contributed by atoms with Crippen molar-refractivity contribution < 1.29 is 13.5 Å². The molecule has 4 rings (SSSR count). The van der Waals surface area contributed by atoms with Gasteiger partial charge in [0.05, 0.1) is 0 Å². The molecular formula is C22H19FO2. The molecule has 126 valence electrons. The predicted octanol–water partition coefficient (Wildman–Crippen LogP) is 7.03. The van der Waals surface area contributed by atoms with Gasteiger partial charge in [0, 0.05) is 10.8 Å². The van der Waals surface area contributed by atoms with Gasteiger partial charge in [-0.1, -0.05) is 50.2 Å². The summed E-state index contributed by atoms with van der Waals surface area (Å²) in [7, 11) is 0. The van der Waals surface area contributed by atoms with Gasteiger partial charge >= 0.3 is 0 Å². The summed E-state index contributed by atoms with van der Waals surface area (Å²) in [5.74, 6) is 0.692. The van der Waals surface area contributed by atoms with Crippen molar-refractivity contribution in [1.29, 1.82) is 0 Å². The van der Waals surface area contributed by atoms with Crippen LogP contribution in [0.5, 0.6) is 11.5 Å². The van der Waals surface area contributed by atoms with Crippen LogP contribution >= 0.6 is 0 Å². The number of furan rings is 1. The molecule has 0 aliphatic rings. The van der Waals surface area contributed by atoms with E-state index in [1.54, 1.807) is 18.2 Å². The van der Waals surface area contributed by atoms with Crippen LogP contribution in [0.15, 0.2) is 65.1 Å². The first-order valence-electron chi connectivity index (χ1n) is 8.55. The van der Waals surface area contributed by atoms with Crippen molar-refractivity contribution in [2.24, 2.45) is 0 Å². The Balaban J connectivity index is 1.76. The summed E-state index contributed by atoms with van der Waals surface area (Å²) in [6.45, 7) is 4.18. The van der Waals surface area contributed by atoms with Crippen molar-refractivity contribution in [1.82, 2.24) is 0 Å². The summed E-state index contributed by atoms with van der Waals surface area (Å²) >= 11 is 0. The van der Waals surface area contributed by atoms with Crippen molar-refractivity contribution in [3.8, 4) is 11.5 Å².